The number of unbranched alkanes of at least 4 members (excludes halogenated alkanes) is 18. The second-order valence-corrected chi connectivity index (χ2v) is 18.7. The molecular formula is C58H95N3O4. The van der Waals surface area contributed by atoms with Gasteiger partial charge in [-0.1, -0.05) is 157 Å². The monoisotopic (exact) mass is 898 g/mol. The largest absolute Gasteiger partial charge is 0.506 e. The average molecular weight is 898 g/mol. The number of benzene rings is 3. The van der Waals surface area contributed by atoms with Crippen LogP contribution in [0, 0.1) is 0 Å². The summed E-state index contributed by atoms with van der Waals surface area (Å²) in [6.45, 7) is 16.0. The highest BCUT2D eigenvalue weighted by Gasteiger charge is 2.20. The first-order chi connectivity index (χ1) is 31.5. The first-order valence-electron chi connectivity index (χ1n) is 26.7. The first-order valence-corrected chi connectivity index (χ1v) is 26.7. The van der Waals surface area contributed by atoms with E-state index in [9.17, 15) is 14.7 Å². The molecule has 1 aliphatic heterocycles. The third kappa shape index (κ3) is 23.8. The lowest BCUT2D eigenvalue weighted by Crippen LogP contribution is -2.10. The Morgan fingerprint density at radius 1 is 0.400 bits per heavy atom. The molecule has 5 N–H and O–H groups in total. The Morgan fingerprint density at radius 3 is 0.846 bits per heavy atom. The van der Waals surface area contributed by atoms with Crippen molar-refractivity contribution >= 4 is 40.4 Å². The molecule has 3 aromatic carbocycles. The smallest absolute Gasteiger partial charge is 0.310 e. The minimum absolute atomic E-state index is 0.243. The summed E-state index contributed by atoms with van der Waals surface area (Å²) in [4.78, 5) is 19.6. The van der Waals surface area contributed by atoms with Crippen LogP contribution in [0.15, 0.2) is 36.4 Å². The number of esters is 2. The maximum atomic E-state index is 9.81. The number of aromatic hydroxyl groups is 1. The molecule has 3 aromatic rings. The number of fused-ring (bicyclic) bond motifs is 2. The fraction of sp³-hybridized carbons (Fsp3) is 0.655. The molecule has 0 unspecified atom stereocenters. The van der Waals surface area contributed by atoms with Gasteiger partial charge in [-0.3, -0.25) is 9.59 Å². The van der Waals surface area contributed by atoms with Gasteiger partial charge in [0.05, 0.1) is 28.4 Å². The van der Waals surface area contributed by atoms with Crippen molar-refractivity contribution in [1.82, 2.24) is 0 Å². The number of aryl methyl sites for hydroxylation is 6. The topological polar surface area (TPSA) is 114 Å². The predicted octanol–water partition coefficient (Wildman–Crippen LogP) is 17.3. The molecule has 0 saturated carbocycles. The molecule has 366 valence electrons. The Balaban J connectivity index is 0.000000446. The van der Waals surface area contributed by atoms with Gasteiger partial charge in [0.2, 0.25) is 0 Å². The van der Waals surface area contributed by atoms with Crippen LogP contribution in [0.5, 0.6) is 5.75 Å². The summed E-state index contributed by atoms with van der Waals surface area (Å²) in [5, 5.41) is 17.6. The summed E-state index contributed by atoms with van der Waals surface area (Å²) in [5.74, 6) is -0.882. The third-order valence-corrected chi connectivity index (χ3v) is 12.7. The molecule has 0 bridgehead atoms. The number of phenols is 1. The van der Waals surface area contributed by atoms with E-state index in [1.54, 1.807) is 22.3 Å². The second kappa shape index (κ2) is 35.2. The molecule has 7 heteroatoms. The predicted molar refractivity (Wildman–Crippen MR) is 281 cm³/mol. The van der Waals surface area contributed by atoms with E-state index in [1.165, 1.54) is 228 Å². The summed E-state index contributed by atoms with van der Waals surface area (Å²) in [6.07, 6.45) is 38.4. The standard InChI is InChI=1S/C36H58N2.C18H31NO.C4H6O3/c1-5-9-13-17-21-29-25-33-34(26-30(29)22-18-14-10-6-2)38-36-28-32(24-20-16-12-8-4)31(27-35(36)37-33)23-19-15-11-7-3;1-3-5-7-9-11-15-13-17(19)18(20)14-16(15)12-10-8-6-4-2;1-3(5)7-4(2)6/h25-28,37-38H,5-24H2,1-4H3;13-14,20H,3-12,19H2,1-2H3;1-2H3. The van der Waals surface area contributed by atoms with E-state index in [0.29, 0.717) is 5.69 Å². The van der Waals surface area contributed by atoms with Crippen molar-refractivity contribution in [3.05, 3.63) is 69.8 Å². The number of nitrogens with one attached hydrogen (secondary N) is 2. The molecule has 0 aliphatic carbocycles. The van der Waals surface area contributed by atoms with Crippen LogP contribution in [0.2, 0.25) is 0 Å². The van der Waals surface area contributed by atoms with Crippen molar-refractivity contribution in [3.8, 4) is 5.75 Å². The Morgan fingerprint density at radius 2 is 0.631 bits per heavy atom. The molecule has 1 aliphatic rings. The van der Waals surface area contributed by atoms with Gasteiger partial charge >= 0.3 is 11.9 Å². The summed E-state index contributed by atoms with van der Waals surface area (Å²) < 4.78 is 3.97. The number of anilines is 5. The van der Waals surface area contributed by atoms with Gasteiger partial charge in [0.15, 0.2) is 0 Å². The van der Waals surface area contributed by atoms with Crippen LogP contribution in [0.4, 0.5) is 28.4 Å². The highest BCUT2D eigenvalue weighted by atomic mass is 16.6. The minimum atomic E-state index is -0.562. The summed E-state index contributed by atoms with van der Waals surface area (Å²) in [5.41, 5.74) is 20.4. The Bertz CT molecular complexity index is 1570. The fourth-order valence-corrected chi connectivity index (χ4v) is 8.83. The van der Waals surface area contributed by atoms with E-state index >= 15 is 0 Å². The zero-order chi connectivity index (χ0) is 47.7. The van der Waals surface area contributed by atoms with Crippen LogP contribution in [0.25, 0.3) is 0 Å². The number of hydrogen-bond acceptors (Lipinski definition) is 7. The van der Waals surface area contributed by atoms with Gasteiger partial charge in [-0.2, -0.15) is 0 Å². The van der Waals surface area contributed by atoms with Crippen LogP contribution < -0.4 is 16.4 Å². The number of carbonyl (C=O) groups is 2. The molecule has 0 saturated heterocycles. The number of nitrogen functional groups attached to an aromatic ring is 1. The van der Waals surface area contributed by atoms with Crippen molar-refractivity contribution in [2.75, 3.05) is 16.4 Å². The number of ether oxygens (including phenoxy) is 1. The zero-order valence-electron chi connectivity index (χ0n) is 42.9. The van der Waals surface area contributed by atoms with Gasteiger partial charge in [-0.25, -0.2) is 0 Å². The number of phenolic OH excluding ortho intramolecular Hbond substituents is 1. The molecule has 65 heavy (non-hydrogen) atoms. The Kier molecular flexibility index (Phi) is 31.0. The second-order valence-electron chi connectivity index (χ2n) is 18.7. The number of hydrogen-bond donors (Lipinski definition) is 4. The van der Waals surface area contributed by atoms with E-state index in [2.05, 4.69) is 81.2 Å². The van der Waals surface area contributed by atoms with E-state index in [1.807, 2.05) is 12.1 Å². The first kappa shape index (κ1) is 57.1. The maximum Gasteiger partial charge on any atom is 0.310 e. The number of nitrogens with two attached hydrogens (primary N) is 1. The van der Waals surface area contributed by atoms with Crippen molar-refractivity contribution in [1.29, 1.82) is 0 Å². The molecule has 0 spiro atoms. The minimum Gasteiger partial charge on any atom is -0.506 e. The SMILES string of the molecule is CC(=O)OC(C)=O.CCCCCCc1cc(N)c(O)cc1CCCCCC.CCCCCCc1cc2c(cc1CCCCCC)Nc1cc(CCCCCC)c(CCCCCC)cc1N2. The van der Waals surface area contributed by atoms with Crippen LogP contribution in [0.1, 0.15) is 243 Å². The molecule has 0 fully saturated rings. The lowest BCUT2D eigenvalue weighted by atomic mass is 9.92. The van der Waals surface area contributed by atoms with Crippen molar-refractivity contribution < 1.29 is 19.4 Å². The molecule has 7 nitrogen and oxygen atoms in total. The fourth-order valence-electron chi connectivity index (χ4n) is 8.83. The Labute approximate surface area is 398 Å². The highest BCUT2D eigenvalue weighted by Crippen LogP contribution is 2.42. The van der Waals surface area contributed by atoms with Gasteiger partial charge in [-0.05, 0) is 147 Å². The van der Waals surface area contributed by atoms with Gasteiger partial charge in [-0.15, -0.1) is 0 Å². The van der Waals surface area contributed by atoms with E-state index in [4.69, 9.17) is 5.73 Å². The van der Waals surface area contributed by atoms with Crippen molar-refractivity contribution in [2.24, 2.45) is 0 Å². The normalized spacial score (nSPS) is 11.3. The van der Waals surface area contributed by atoms with Crippen LogP contribution in [0.3, 0.4) is 0 Å². The molecule has 4 rings (SSSR count). The van der Waals surface area contributed by atoms with Crippen LogP contribution in [-0.4, -0.2) is 17.0 Å². The van der Waals surface area contributed by atoms with Gasteiger partial charge < -0.3 is 26.2 Å². The van der Waals surface area contributed by atoms with Crippen molar-refractivity contribution in [3.63, 3.8) is 0 Å². The highest BCUT2D eigenvalue weighted by molar-refractivity contribution is 5.91. The zero-order valence-corrected chi connectivity index (χ0v) is 42.9. The molecule has 0 amide bonds. The number of rotatable bonds is 30. The van der Waals surface area contributed by atoms with Crippen LogP contribution >= 0.6 is 0 Å². The molecule has 0 radical (unpaired) electrons. The van der Waals surface area contributed by atoms with Gasteiger partial charge in [0.25, 0.3) is 0 Å². The maximum absolute atomic E-state index is 9.81. The summed E-state index contributed by atoms with van der Waals surface area (Å²) in [7, 11) is 0. The Hall–Kier alpha value is -4.00. The van der Waals surface area contributed by atoms with E-state index in [-0.39, 0.29) is 5.75 Å². The third-order valence-electron chi connectivity index (χ3n) is 12.7. The summed E-state index contributed by atoms with van der Waals surface area (Å²) in [6, 6.07) is 13.8. The lowest BCUT2D eigenvalue weighted by molar-refractivity contribution is -0.156. The quantitative estimate of drug-likeness (QED) is 0.0135. The lowest BCUT2D eigenvalue weighted by Gasteiger charge is -2.27. The van der Waals surface area contributed by atoms with Crippen LogP contribution in [-0.2, 0) is 52.9 Å². The summed E-state index contributed by atoms with van der Waals surface area (Å²) >= 11 is 0. The molecule has 1 heterocycles. The average Bonchev–Trinajstić information content (AvgIpc) is 3.28. The molecular weight excluding hydrogens is 803 g/mol. The van der Waals surface area contributed by atoms with Gasteiger partial charge in [0, 0.05) is 13.8 Å². The number of carbonyl (C=O) groups excluding carboxylic acids is 2. The molecule has 0 atom stereocenters. The molecule has 0 aromatic heterocycles. The van der Waals surface area contributed by atoms with E-state index in [0.717, 1.165) is 12.8 Å². The van der Waals surface area contributed by atoms with E-state index < -0.39 is 11.9 Å². The van der Waals surface area contributed by atoms with Gasteiger partial charge in [0.1, 0.15) is 5.75 Å². The van der Waals surface area contributed by atoms with Crippen molar-refractivity contribution in [2.45, 2.75) is 248 Å².